The minimum Gasteiger partial charge on any atom is -0.396 e. The van der Waals surface area contributed by atoms with Crippen molar-refractivity contribution < 1.29 is 9.90 Å². The van der Waals surface area contributed by atoms with Gasteiger partial charge in [-0.15, -0.1) is 0 Å². The predicted molar refractivity (Wildman–Crippen MR) is 64.1 cm³/mol. The summed E-state index contributed by atoms with van der Waals surface area (Å²) in [5, 5.41) is 14.8. The lowest BCUT2D eigenvalue weighted by Crippen LogP contribution is -2.48. The highest BCUT2D eigenvalue weighted by molar-refractivity contribution is 5.81. The Morgan fingerprint density at radius 1 is 1.44 bits per heavy atom. The Morgan fingerprint density at radius 2 is 2.25 bits per heavy atom. The van der Waals surface area contributed by atoms with Crippen LogP contribution in [0.1, 0.15) is 39.0 Å². The van der Waals surface area contributed by atoms with Gasteiger partial charge in [-0.3, -0.25) is 4.79 Å². The van der Waals surface area contributed by atoms with E-state index in [4.69, 9.17) is 5.11 Å². The lowest BCUT2D eigenvalue weighted by molar-refractivity contribution is -0.124. The van der Waals surface area contributed by atoms with Gasteiger partial charge in [-0.05, 0) is 44.6 Å². The van der Waals surface area contributed by atoms with Gasteiger partial charge in [-0.2, -0.15) is 0 Å². The summed E-state index contributed by atoms with van der Waals surface area (Å²) in [5.41, 5.74) is 0. The van der Waals surface area contributed by atoms with Crippen LogP contribution in [0.25, 0.3) is 0 Å². The molecule has 0 aromatic rings. The molecule has 1 heterocycles. The van der Waals surface area contributed by atoms with Crippen LogP contribution in [0.15, 0.2) is 0 Å². The Bertz CT molecular complexity index is 209. The van der Waals surface area contributed by atoms with Gasteiger partial charge in [0.25, 0.3) is 0 Å². The molecule has 4 nitrogen and oxygen atoms in total. The average Bonchev–Trinajstić information content (AvgIpc) is 2.28. The molecule has 0 saturated carbocycles. The highest BCUT2D eigenvalue weighted by Gasteiger charge is 2.23. The van der Waals surface area contributed by atoms with Crippen molar-refractivity contribution in [3.63, 3.8) is 0 Å². The van der Waals surface area contributed by atoms with Gasteiger partial charge in [0.05, 0.1) is 6.04 Å². The lowest BCUT2D eigenvalue weighted by Gasteiger charge is -2.27. The zero-order valence-corrected chi connectivity index (χ0v) is 10.2. The molecule has 3 N–H and O–H groups in total. The molecule has 2 atom stereocenters. The molecule has 0 aromatic heterocycles. The number of piperidine rings is 1. The van der Waals surface area contributed by atoms with Gasteiger partial charge in [-0.25, -0.2) is 0 Å². The molecular formula is C12H24N2O2. The standard InChI is InChI=1S/C12H24N2O2/c1-10-5-7-13-11(9-10)12(16)14-6-3-2-4-8-15/h10-11,13,15H,2-9H2,1H3,(H,14,16). The van der Waals surface area contributed by atoms with E-state index in [1.54, 1.807) is 0 Å². The van der Waals surface area contributed by atoms with E-state index in [1.807, 2.05) is 0 Å². The summed E-state index contributed by atoms with van der Waals surface area (Å²) in [6.45, 7) is 4.12. The Hall–Kier alpha value is -0.610. The molecular weight excluding hydrogens is 204 g/mol. The SMILES string of the molecule is CC1CCNC(C(=O)NCCCCCO)C1. The fourth-order valence-electron chi connectivity index (χ4n) is 2.06. The minimum absolute atomic E-state index is 0.00147. The second kappa shape index (κ2) is 7.63. The second-order valence-electron chi connectivity index (χ2n) is 4.71. The van der Waals surface area contributed by atoms with E-state index >= 15 is 0 Å². The summed E-state index contributed by atoms with van der Waals surface area (Å²) < 4.78 is 0. The highest BCUT2D eigenvalue weighted by atomic mass is 16.2. The van der Waals surface area contributed by atoms with Gasteiger partial charge in [0.2, 0.25) is 5.91 Å². The predicted octanol–water partition coefficient (Wildman–Crippen LogP) is 0.653. The van der Waals surface area contributed by atoms with Crippen molar-refractivity contribution in [1.29, 1.82) is 0 Å². The number of carbonyl (C=O) groups excluding carboxylic acids is 1. The van der Waals surface area contributed by atoms with Crippen LogP contribution in [-0.2, 0) is 4.79 Å². The quantitative estimate of drug-likeness (QED) is 0.585. The van der Waals surface area contributed by atoms with Gasteiger partial charge in [0.15, 0.2) is 0 Å². The van der Waals surface area contributed by atoms with Crippen molar-refractivity contribution in [1.82, 2.24) is 10.6 Å². The second-order valence-corrected chi connectivity index (χ2v) is 4.71. The first-order chi connectivity index (χ1) is 7.74. The van der Waals surface area contributed by atoms with Crippen LogP contribution in [0, 0.1) is 5.92 Å². The van der Waals surface area contributed by atoms with Gasteiger partial charge >= 0.3 is 0 Å². The number of amides is 1. The van der Waals surface area contributed by atoms with E-state index < -0.39 is 0 Å². The molecule has 2 unspecified atom stereocenters. The van der Waals surface area contributed by atoms with Crippen molar-refractivity contribution in [2.75, 3.05) is 19.7 Å². The van der Waals surface area contributed by atoms with E-state index in [0.717, 1.165) is 38.8 Å². The number of aliphatic hydroxyl groups excluding tert-OH is 1. The largest absolute Gasteiger partial charge is 0.396 e. The topological polar surface area (TPSA) is 61.4 Å². The molecule has 0 spiro atoms. The molecule has 4 heteroatoms. The third-order valence-corrected chi connectivity index (χ3v) is 3.12. The molecule has 1 saturated heterocycles. The molecule has 1 aliphatic rings. The molecule has 1 aliphatic heterocycles. The van der Waals surface area contributed by atoms with Gasteiger partial charge in [0, 0.05) is 13.2 Å². The van der Waals surface area contributed by atoms with E-state index in [9.17, 15) is 4.79 Å². The summed E-state index contributed by atoms with van der Waals surface area (Å²) in [6.07, 6.45) is 4.87. The fourth-order valence-corrected chi connectivity index (χ4v) is 2.06. The Balaban J connectivity index is 2.09. The molecule has 1 amide bonds. The first kappa shape index (κ1) is 13.5. The van der Waals surface area contributed by atoms with E-state index in [0.29, 0.717) is 5.92 Å². The van der Waals surface area contributed by atoms with Crippen LogP contribution in [0.4, 0.5) is 0 Å². The Kier molecular flexibility index (Phi) is 6.42. The van der Waals surface area contributed by atoms with Crippen molar-refractivity contribution in [2.24, 2.45) is 5.92 Å². The van der Waals surface area contributed by atoms with E-state index in [2.05, 4.69) is 17.6 Å². The smallest absolute Gasteiger partial charge is 0.237 e. The molecule has 1 rings (SSSR count). The molecule has 0 radical (unpaired) electrons. The van der Waals surface area contributed by atoms with Crippen molar-refractivity contribution in [3.8, 4) is 0 Å². The van der Waals surface area contributed by atoms with Gasteiger partial charge < -0.3 is 15.7 Å². The van der Waals surface area contributed by atoms with Crippen LogP contribution >= 0.6 is 0 Å². The van der Waals surface area contributed by atoms with Gasteiger partial charge in [0.1, 0.15) is 0 Å². The van der Waals surface area contributed by atoms with E-state index in [1.165, 1.54) is 6.42 Å². The van der Waals surface area contributed by atoms with Crippen LogP contribution in [0.3, 0.4) is 0 Å². The first-order valence-electron chi connectivity index (χ1n) is 6.36. The normalized spacial score (nSPS) is 25.4. The Morgan fingerprint density at radius 3 is 2.94 bits per heavy atom. The third-order valence-electron chi connectivity index (χ3n) is 3.12. The number of aliphatic hydroxyl groups is 1. The lowest BCUT2D eigenvalue weighted by atomic mass is 9.94. The number of nitrogens with one attached hydrogen (secondary N) is 2. The van der Waals surface area contributed by atoms with Gasteiger partial charge in [-0.1, -0.05) is 6.92 Å². The highest BCUT2D eigenvalue weighted by Crippen LogP contribution is 2.14. The molecule has 16 heavy (non-hydrogen) atoms. The summed E-state index contributed by atoms with van der Waals surface area (Å²) in [5.74, 6) is 0.780. The van der Waals surface area contributed by atoms with Crippen LogP contribution in [-0.4, -0.2) is 36.8 Å². The number of carbonyl (C=O) groups is 1. The Labute approximate surface area is 97.8 Å². The van der Waals surface area contributed by atoms with Crippen molar-refractivity contribution in [3.05, 3.63) is 0 Å². The maximum atomic E-state index is 11.8. The average molecular weight is 228 g/mol. The summed E-state index contributed by atoms with van der Waals surface area (Å²) in [6, 6.07) is 0.00147. The molecule has 94 valence electrons. The first-order valence-corrected chi connectivity index (χ1v) is 6.36. The molecule has 1 fully saturated rings. The minimum atomic E-state index is 0.00147. The maximum Gasteiger partial charge on any atom is 0.237 e. The summed E-state index contributed by atoms with van der Waals surface area (Å²) in [7, 11) is 0. The summed E-state index contributed by atoms with van der Waals surface area (Å²) >= 11 is 0. The number of rotatable bonds is 6. The zero-order chi connectivity index (χ0) is 11.8. The zero-order valence-electron chi connectivity index (χ0n) is 10.2. The fraction of sp³-hybridized carbons (Fsp3) is 0.917. The maximum absolute atomic E-state index is 11.8. The molecule has 0 bridgehead atoms. The van der Waals surface area contributed by atoms with Crippen molar-refractivity contribution >= 4 is 5.91 Å². The van der Waals surface area contributed by atoms with E-state index in [-0.39, 0.29) is 18.6 Å². The number of hydrogen-bond acceptors (Lipinski definition) is 3. The molecule has 0 aromatic carbocycles. The summed E-state index contributed by atoms with van der Waals surface area (Å²) in [4.78, 5) is 11.8. The molecule has 0 aliphatic carbocycles. The third kappa shape index (κ3) is 4.94. The number of unbranched alkanes of at least 4 members (excludes halogenated alkanes) is 2. The van der Waals surface area contributed by atoms with Crippen LogP contribution < -0.4 is 10.6 Å². The number of hydrogen-bond donors (Lipinski definition) is 3. The van der Waals surface area contributed by atoms with Crippen molar-refractivity contribution in [2.45, 2.75) is 45.1 Å². The monoisotopic (exact) mass is 228 g/mol. The van der Waals surface area contributed by atoms with Crippen LogP contribution in [0.2, 0.25) is 0 Å². The van der Waals surface area contributed by atoms with Crippen LogP contribution in [0.5, 0.6) is 0 Å².